The smallest absolute Gasteiger partial charge is 0.178 e. The van der Waals surface area contributed by atoms with Crippen LogP contribution in [0.1, 0.15) is 6.92 Å². The van der Waals surface area contributed by atoms with Crippen molar-refractivity contribution in [2.45, 2.75) is 11.8 Å². The second-order valence-electron chi connectivity index (χ2n) is 4.53. The van der Waals surface area contributed by atoms with E-state index in [1.165, 1.54) is 0 Å². The zero-order chi connectivity index (χ0) is 14.2. The van der Waals surface area contributed by atoms with Crippen LogP contribution in [0.2, 0.25) is 0 Å². The Morgan fingerprint density at radius 3 is 2.60 bits per heavy atom. The number of fused-ring (bicyclic) bond motifs is 1. The fourth-order valence-electron chi connectivity index (χ4n) is 2.20. The summed E-state index contributed by atoms with van der Waals surface area (Å²) in [5.74, 6) is 0.114. The summed E-state index contributed by atoms with van der Waals surface area (Å²) in [5, 5.41) is 1.03. The third kappa shape index (κ3) is 2.10. The van der Waals surface area contributed by atoms with Crippen molar-refractivity contribution < 1.29 is 8.42 Å². The van der Waals surface area contributed by atoms with Gasteiger partial charge in [-0.15, -0.1) is 0 Å². The Kier molecular flexibility index (Phi) is 3.06. The Balaban J connectivity index is 2.08. The first-order valence-corrected chi connectivity index (χ1v) is 8.02. The molecule has 0 fully saturated rings. The maximum absolute atomic E-state index is 11.8. The van der Waals surface area contributed by atoms with E-state index in [9.17, 15) is 8.42 Å². The summed E-state index contributed by atoms with van der Waals surface area (Å²) >= 11 is 0. The molecular weight excluding hydrogens is 272 g/mol. The average Bonchev–Trinajstić information content (AvgIpc) is 2.91. The SMILES string of the molecule is CCS(=O)(=O)c1ccc(-c2c[nH]c3ncccc23)cc1. The van der Waals surface area contributed by atoms with E-state index in [-0.39, 0.29) is 5.75 Å². The predicted molar refractivity (Wildman–Crippen MR) is 79.3 cm³/mol. The van der Waals surface area contributed by atoms with Crippen LogP contribution in [0.25, 0.3) is 22.2 Å². The summed E-state index contributed by atoms with van der Waals surface area (Å²) in [7, 11) is -3.15. The monoisotopic (exact) mass is 286 g/mol. The highest BCUT2D eigenvalue weighted by atomic mass is 32.2. The van der Waals surface area contributed by atoms with Gasteiger partial charge in [-0.2, -0.15) is 0 Å². The third-order valence-electron chi connectivity index (χ3n) is 3.36. The van der Waals surface area contributed by atoms with Gasteiger partial charge in [0.25, 0.3) is 0 Å². The number of pyridine rings is 1. The molecule has 0 bridgehead atoms. The number of rotatable bonds is 3. The van der Waals surface area contributed by atoms with Gasteiger partial charge in [0.1, 0.15) is 5.65 Å². The van der Waals surface area contributed by atoms with Crippen LogP contribution in [-0.2, 0) is 9.84 Å². The maximum Gasteiger partial charge on any atom is 0.178 e. The van der Waals surface area contributed by atoms with Gasteiger partial charge in [-0.25, -0.2) is 13.4 Å². The van der Waals surface area contributed by atoms with Crippen LogP contribution in [0.3, 0.4) is 0 Å². The van der Waals surface area contributed by atoms with Crippen LogP contribution in [0, 0.1) is 0 Å². The van der Waals surface area contributed by atoms with Crippen molar-refractivity contribution in [2.24, 2.45) is 0 Å². The quantitative estimate of drug-likeness (QED) is 0.805. The standard InChI is InChI=1S/C15H14N2O2S/c1-2-20(18,19)12-7-5-11(6-8-12)14-10-17-15-13(14)4-3-9-16-15/h3-10H,2H2,1H3,(H,16,17). The van der Waals surface area contributed by atoms with E-state index >= 15 is 0 Å². The van der Waals surface area contributed by atoms with E-state index in [4.69, 9.17) is 0 Å². The van der Waals surface area contributed by atoms with Crippen LogP contribution >= 0.6 is 0 Å². The van der Waals surface area contributed by atoms with Gasteiger partial charge in [0.05, 0.1) is 10.6 Å². The van der Waals surface area contributed by atoms with Crippen LogP contribution in [0.15, 0.2) is 53.7 Å². The predicted octanol–water partition coefficient (Wildman–Crippen LogP) is 3.02. The molecule has 3 aromatic rings. The largest absolute Gasteiger partial charge is 0.346 e. The number of aromatic amines is 1. The Morgan fingerprint density at radius 2 is 1.90 bits per heavy atom. The Morgan fingerprint density at radius 1 is 1.15 bits per heavy atom. The van der Waals surface area contributed by atoms with Crippen LogP contribution in [0.4, 0.5) is 0 Å². The van der Waals surface area contributed by atoms with Gasteiger partial charge < -0.3 is 4.98 Å². The van der Waals surface area contributed by atoms with Crippen molar-refractivity contribution in [1.29, 1.82) is 0 Å². The molecule has 20 heavy (non-hydrogen) atoms. The molecule has 0 spiro atoms. The summed E-state index contributed by atoms with van der Waals surface area (Å²) in [5.41, 5.74) is 2.82. The summed E-state index contributed by atoms with van der Waals surface area (Å²) in [6.07, 6.45) is 3.63. The van der Waals surface area contributed by atoms with Crippen molar-refractivity contribution in [3.63, 3.8) is 0 Å². The lowest BCUT2D eigenvalue weighted by molar-refractivity contribution is 0.597. The van der Waals surface area contributed by atoms with Crippen LogP contribution in [-0.4, -0.2) is 24.1 Å². The lowest BCUT2D eigenvalue weighted by Crippen LogP contribution is -2.02. The lowest BCUT2D eigenvalue weighted by Gasteiger charge is -2.03. The van der Waals surface area contributed by atoms with E-state index in [2.05, 4.69) is 9.97 Å². The first-order valence-electron chi connectivity index (χ1n) is 6.37. The minimum atomic E-state index is -3.15. The van der Waals surface area contributed by atoms with Crippen LogP contribution in [0.5, 0.6) is 0 Å². The summed E-state index contributed by atoms with van der Waals surface area (Å²) < 4.78 is 23.6. The summed E-state index contributed by atoms with van der Waals surface area (Å²) in [6.45, 7) is 1.65. The van der Waals surface area contributed by atoms with E-state index < -0.39 is 9.84 Å². The summed E-state index contributed by atoms with van der Waals surface area (Å²) in [6, 6.07) is 10.9. The molecule has 0 unspecified atom stereocenters. The Labute approximate surface area is 117 Å². The molecule has 1 N–H and O–H groups in total. The van der Waals surface area contributed by atoms with Crippen molar-refractivity contribution >= 4 is 20.9 Å². The van der Waals surface area contributed by atoms with Gasteiger partial charge in [-0.3, -0.25) is 0 Å². The topological polar surface area (TPSA) is 62.8 Å². The fourth-order valence-corrected chi connectivity index (χ4v) is 3.09. The van der Waals surface area contributed by atoms with Gasteiger partial charge in [-0.1, -0.05) is 19.1 Å². The zero-order valence-electron chi connectivity index (χ0n) is 11.0. The highest BCUT2D eigenvalue weighted by Gasteiger charge is 2.12. The number of nitrogens with zero attached hydrogens (tertiary/aromatic N) is 1. The number of nitrogens with one attached hydrogen (secondary N) is 1. The van der Waals surface area contributed by atoms with E-state index in [0.29, 0.717) is 4.90 Å². The van der Waals surface area contributed by atoms with E-state index in [1.807, 2.05) is 30.5 Å². The van der Waals surface area contributed by atoms with E-state index in [0.717, 1.165) is 22.2 Å². The average molecular weight is 286 g/mol. The number of hydrogen-bond donors (Lipinski definition) is 1. The molecule has 0 aliphatic heterocycles. The van der Waals surface area contributed by atoms with Crippen LogP contribution < -0.4 is 0 Å². The minimum Gasteiger partial charge on any atom is -0.346 e. The first kappa shape index (κ1) is 12.9. The molecule has 0 aliphatic rings. The number of H-pyrrole nitrogens is 1. The molecule has 0 saturated carbocycles. The first-order chi connectivity index (χ1) is 9.62. The zero-order valence-corrected chi connectivity index (χ0v) is 11.8. The molecule has 0 aliphatic carbocycles. The third-order valence-corrected chi connectivity index (χ3v) is 5.11. The lowest BCUT2D eigenvalue weighted by atomic mass is 10.1. The Bertz CT molecular complexity index is 849. The molecule has 0 radical (unpaired) electrons. The molecule has 5 heteroatoms. The number of hydrogen-bond acceptors (Lipinski definition) is 3. The van der Waals surface area contributed by atoms with Gasteiger partial charge in [-0.05, 0) is 29.8 Å². The number of aromatic nitrogens is 2. The second kappa shape index (κ2) is 4.76. The van der Waals surface area contributed by atoms with Gasteiger partial charge in [0.15, 0.2) is 9.84 Å². The maximum atomic E-state index is 11.8. The molecule has 2 heterocycles. The molecule has 2 aromatic heterocycles. The molecule has 0 amide bonds. The highest BCUT2D eigenvalue weighted by Crippen LogP contribution is 2.28. The molecule has 1 aromatic carbocycles. The van der Waals surface area contributed by atoms with Crippen molar-refractivity contribution in [1.82, 2.24) is 9.97 Å². The molecule has 0 atom stereocenters. The fraction of sp³-hybridized carbons (Fsp3) is 0.133. The second-order valence-corrected chi connectivity index (χ2v) is 6.81. The molecule has 0 saturated heterocycles. The van der Waals surface area contributed by atoms with Gasteiger partial charge >= 0.3 is 0 Å². The van der Waals surface area contributed by atoms with Gasteiger partial charge in [0.2, 0.25) is 0 Å². The highest BCUT2D eigenvalue weighted by molar-refractivity contribution is 7.91. The van der Waals surface area contributed by atoms with Crippen molar-refractivity contribution in [3.05, 3.63) is 48.8 Å². The Hall–Kier alpha value is -2.14. The number of benzene rings is 1. The normalized spacial score (nSPS) is 11.8. The minimum absolute atomic E-state index is 0.114. The number of sulfone groups is 1. The van der Waals surface area contributed by atoms with Crippen molar-refractivity contribution in [3.8, 4) is 11.1 Å². The van der Waals surface area contributed by atoms with Crippen molar-refractivity contribution in [2.75, 3.05) is 5.75 Å². The molecule has 4 nitrogen and oxygen atoms in total. The molecule has 102 valence electrons. The van der Waals surface area contributed by atoms with E-state index in [1.54, 1.807) is 25.3 Å². The molecular formula is C15H14N2O2S. The van der Waals surface area contributed by atoms with Gasteiger partial charge in [0, 0.05) is 23.3 Å². The summed E-state index contributed by atoms with van der Waals surface area (Å²) in [4.78, 5) is 7.72. The molecule has 3 rings (SSSR count).